The van der Waals surface area contributed by atoms with Crippen molar-refractivity contribution in [2.75, 3.05) is 13.1 Å². The maximum atomic E-state index is 12.6. The smallest absolute Gasteiger partial charge is 0.406 e. The van der Waals surface area contributed by atoms with Crippen molar-refractivity contribution in [3.63, 3.8) is 0 Å². The molecule has 0 amide bonds. The molecule has 0 fully saturated rings. The van der Waals surface area contributed by atoms with Crippen LogP contribution < -0.4 is 4.74 Å². The molecule has 0 aliphatic heterocycles. The molecule has 4 nitrogen and oxygen atoms in total. The number of rotatable bonds is 5. The van der Waals surface area contributed by atoms with Crippen LogP contribution in [0.15, 0.2) is 30.5 Å². The maximum absolute atomic E-state index is 12.6. The second-order valence-corrected chi connectivity index (χ2v) is 5.19. The van der Waals surface area contributed by atoms with Gasteiger partial charge in [0.05, 0.1) is 11.6 Å². The van der Waals surface area contributed by atoms with Gasteiger partial charge in [-0.05, 0) is 44.3 Å². The quantitative estimate of drug-likeness (QED) is 0.834. The van der Waals surface area contributed by atoms with E-state index in [0.717, 1.165) is 13.1 Å². The Morgan fingerprint density at radius 1 is 1.26 bits per heavy atom. The number of nitrogens with zero attached hydrogens (tertiary/aromatic N) is 2. The molecule has 7 heteroatoms. The second-order valence-electron chi connectivity index (χ2n) is 5.19. The summed E-state index contributed by atoms with van der Waals surface area (Å²) < 4.78 is 42.1. The number of hydrogen-bond donors (Lipinski definition) is 0. The molecular formula is C16H19F3N2O2. The van der Waals surface area contributed by atoms with E-state index in [0.29, 0.717) is 10.9 Å². The van der Waals surface area contributed by atoms with Gasteiger partial charge in [-0.25, -0.2) is 0 Å². The Morgan fingerprint density at radius 3 is 2.48 bits per heavy atom. The number of halogens is 3. The van der Waals surface area contributed by atoms with Crippen molar-refractivity contribution < 1.29 is 22.7 Å². The predicted octanol–water partition coefficient (Wildman–Crippen LogP) is 3.91. The van der Waals surface area contributed by atoms with Crippen LogP contribution in [-0.4, -0.2) is 40.9 Å². The number of carbonyl (C=O) groups excluding carboxylic acids is 1. The van der Waals surface area contributed by atoms with E-state index in [2.05, 4.69) is 4.74 Å². The summed E-state index contributed by atoms with van der Waals surface area (Å²) in [4.78, 5) is 14.6. The van der Waals surface area contributed by atoms with E-state index in [-0.39, 0.29) is 17.7 Å². The van der Waals surface area contributed by atoms with Gasteiger partial charge >= 0.3 is 6.36 Å². The van der Waals surface area contributed by atoms with Crippen LogP contribution in [0.4, 0.5) is 13.2 Å². The third-order valence-corrected chi connectivity index (χ3v) is 3.85. The number of benzene rings is 1. The Bertz CT molecular complexity index is 690. The first-order valence-corrected chi connectivity index (χ1v) is 7.42. The van der Waals surface area contributed by atoms with Crippen molar-refractivity contribution >= 4 is 16.8 Å². The van der Waals surface area contributed by atoms with Gasteiger partial charge in [-0.1, -0.05) is 13.8 Å². The molecule has 0 aliphatic carbocycles. The average Bonchev–Trinajstić information content (AvgIpc) is 2.88. The summed E-state index contributed by atoms with van der Waals surface area (Å²) in [7, 11) is 0. The highest BCUT2D eigenvalue weighted by Gasteiger charge is 2.31. The third kappa shape index (κ3) is 3.85. The Hall–Kier alpha value is -2.02. The minimum absolute atomic E-state index is 0.117. The molecule has 0 spiro atoms. The summed E-state index contributed by atoms with van der Waals surface area (Å²) in [5.74, 6) is -0.416. The number of alkyl halides is 3. The second kappa shape index (κ2) is 6.62. The van der Waals surface area contributed by atoms with E-state index in [1.165, 1.54) is 22.8 Å². The highest BCUT2D eigenvalue weighted by molar-refractivity contribution is 5.95. The van der Waals surface area contributed by atoms with E-state index in [1.54, 1.807) is 12.3 Å². The summed E-state index contributed by atoms with van der Waals surface area (Å²) in [5.41, 5.74) is 0.559. The van der Waals surface area contributed by atoms with Crippen molar-refractivity contribution in [2.24, 2.45) is 0 Å². The fraction of sp³-hybridized carbons (Fsp3) is 0.438. The third-order valence-electron chi connectivity index (χ3n) is 3.85. The average molecular weight is 328 g/mol. The first-order chi connectivity index (χ1) is 10.8. The number of fused-ring (bicyclic) bond motifs is 1. The molecule has 0 aliphatic rings. The molecule has 0 saturated heterocycles. The monoisotopic (exact) mass is 328 g/mol. The molecule has 126 valence electrons. The van der Waals surface area contributed by atoms with Crippen molar-refractivity contribution in [2.45, 2.75) is 33.2 Å². The van der Waals surface area contributed by atoms with Crippen LogP contribution in [0, 0.1) is 0 Å². The van der Waals surface area contributed by atoms with E-state index in [1.807, 2.05) is 25.7 Å². The molecule has 23 heavy (non-hydrogen) atoms. The summed E-state index contributed by atoms with van der Waals surface area (Å²) >= 11 is 0. The van der Waals surface area contributed by atoms with Crippen LogP contribution >= 0.6 is 0 Å². The molecular weight excluding hydrogens is 309 g/mol. The Labute approximate surface area is 132 Å². The van der Waals surface area contributed by atoms with Gasteiger partial charge in [0.25, 0.3) is 0 Å². The van der Waals surface area contributed by atoms with Crippen LogP contribution in [0.3, 0.4) is 0 Å². The first-order valence-electron chi connectivity index (χ1n) is 7.42. The number of ether oxygens (including phenoxy) is 1. The minimum atomic E-state index is -4.73. The minimum Gasteiger partial charge on any atom is -0.406 e. The van der Waals surface area contributed by atoms with E-state index < -0.39 is 6.36 Å². The Kier molecular flexibility index (Phi) is 4.99. The number of likely N-dealkylation sites (N-methyl/N-ethyl adjacent to an activating group) is 1. The Balaban J connectivity index is 2.31. The lowest BCUT2D eigenvalue weighted by Crippen LogP contribution is -2.41. The van der Waals surface area contributed by atoms with Gasteiger partial charge < -0.3 is 4.74 Å². The van der Waals surface area contributed by atoms with Gasteiger partial charge in [0.2, 0.25) is 5.91 Å². The molecule has 0 N–H and O–H groups in total. The molecule has 1 aromatic heterocycles. The molecule has 1 aromatic carbocycles. The molecule has 0 saturated carbocycles. The highest BCUT2D eigenvalue weighted by Crippen LogP contribution is 2.27. The SMILES string of the molecule is CCN(CC)[C@@H](C)C(=O)n1ccc2cc(OC(F)(F)F)ccc21. The van der Waals surface area contributed by atoms with Crippen molar-refractivity contribution in [3.05, 3.63) is 30.5 Å². The van der Waals surface area contributed by atoms with Gasteiger partial charge in [-0.2, -0.15) is 0 Å². The molecule has 2 aromatic rings. The molecule has 0 radical (unpaired) electrons. The molecule has 1 heterocycles. The predicted molar refractivity (Wildman–Crippen MR) is 81.6 cm³/mol. The van der Waals surface area contributed by atoms with Crippen LogP contribution in [0.5, 0.6) is 5.75 Å². The number of carbonyl (C=O) groups is 1. The zero-order valence-electron chi connectivity index (χ0n) is 13.2. The summed E-state index contributed by atoms with van der Waals surface area (Å²) in [6.45, 7) is 7.25. The highest BCUT2D eigenvalue weighted by atomic mass is 19.4. The standard InChI is InChI=1S/C16H19F3N2O2/c1-4-20(5-2)11(3)15(22)21-9-8-12-10-13(6-7-14(12)21)23-16(17,18)19/h6-11H,4-5H2,1-3H3/t11-/m0/s1. The van der Waals surface area contributed by atoms with Crippen molar-refractivity contribution in [3.8, 4) is 5.75 Å². The van der Waals surface area contributed by atoms with Gasteiger partial charge in [0.1, 0.15) is 5.75 Å². The first kappa shape index (κ1) is 17.3. The lowest BCUT2D eigenvalue weighted by Gasteiger charge is -2.25. The largest absolute Gasteiger partial charge is 0.573 e. The van der Waals surface area contributed by atoms with E-state index >= 15 is 0 Å². The lowest BCUT2D eigenvalue weighted by molar-refractivity contribution is -0.274. The van der Waals surface area contributed by atoms with Crippen molar-refractivity contribution in [1.82, 2.24) is 9.47 Å². The number of aromatic nitrogens is 1. The molecule has 1 atom stereocenters. The van der Waals surface area contributed by atoms with Crippen LogP contribution in [0.25, 0.3) is 10.9 Å². The van der Waals surface area contributed by atoms with E-state index in [4.69, 9.17) is 0 Å². The van der Waals surface area contributed by atoms with Gasteiger partial charge in [0, 0.05) is 11.6 Å². The summed E-state index contributed by atoms with van der Waals surface area (Å²) in [5, 5.41) is 0.520. The topological polar surface area (TPSA) is 34.5 Å². The number of hydrogen-bond acceptors (Lipinski definition) is 3. The zero-order valence-corrected chi connectivity index (χ0v) is 13.2. The molecule has 0 unspecified atom stereocenters. The summed E-state index contributed by atoms with van der Waals surface area (Å²) in [6, 6.07) is 5.23. The van der Waals surface area contributed by atoms with Crippen LogP contribution in [-0.2, 0) is 0 Å². The van der Waals surface area contributed by atoms with Gasteiger partial charge in [-0.15, -0.1) is 13.2 Å². The normalized spacial score (nSPS) is 13.5. The van der Waals surface area contributed by atoms with Gasteiger partial charge in [0.15, 0.2) is 0 Å². The molecule has 0 bridgehead atoms. The zero-order chi connectivity index (χ0) is 17.2. The van der Waals surface area contributed by atoms with Crippen LogP contribution in [0.1, 0.15) is 25.6 Å². The van der Waals surface area contributed by atoms with Gasteiger partial charge in [-0.3, -0.25) is 14.3 Å². The van der Waals surface area contributed by atoms with Crippen molar-refractivity contribution in [1.29, 1.82) is 0 Å². The summed E-state index contributed by atoms with van der Waals surface area (Å²) in [6.07, 6.45) is -3.16. The lowest BCUT2D eigenvalue weighted by atomic mass is 10.2. The molecule has 2 rings (SSSR count). The van der Waals surface area contributed by atoms with E-state index in [9.17, 15) is 18.0 Å². The maximum Gasteiger partial charge on any atom is 0.573 e. The Morgan fingerprint density at radius 2 is 1.91 bits per heavy atom. The fourth-order valence-corrected chi connectivity index (χ4v) is 2.64. The van der Waals surface area contributed by atoms with Crippen LogP contribution in [0.2, 0.25) is 0 Å². The fourth-order valence-electron chi connectivity index (χ4n) is 2.64.